The number of carbonyl (C=O) groups is 2. The van der Waals surface area contributed by atoms with Crippen LogP contribution in [0.15, 0.2) is 24.3 Å². The van der Waals surface area contributed by atoms with Gasteiger partial charge in [-0.2, -0.15) is 0 Å². The number of ether oxygens (including phenoxy) is 4. The Morgan fingerprint density at radius 1 is 0.677 bits per heavy atom. The topological polar surface area (TPSA) is 91.3 Å². The van der Waals surface area contributed by atoms with Gasteiger partial charge in [0, 0.05) is 6.61 Å². The molecule has 176 valence electrons. The van der Waals surface area contributed by atoms with Gasteiger partial charge < -0.3 is 24.1 Å². The van der Waals surface area contributed by atoms with Gasteiger partial charge in [0.15, 0.2) is 0 Å². The van der Waals surface area contributed by atoms with Crippen LogP contribution in [0.3, 0.4) is 0 Å². The van der Waals surface area contributed by atoms with E-state index in [2.05, 4.69) is 6.92 Å². The zero-order valence-electron chi connectivity index (χ0n) is 18.8. The van der Waals surface area contributed by atoms with E-state index in [9.17, 15) is 9.59 Å². The second kappa shape index (κ2) is 18.8. The van der Waals surface area contributed by atoms with Gasteiger partial charge in [0.25, 0.3) is 0 Å². The van der Waals surface area contributed by atoms with E-state index in [0.717, 1.165) is 13.0 Å². The predicted molar refractivity (Wildman–Crippen MR) is 119 cm³/mol. The summed E-state index contributed by atoms with van der Waals surface area (Å²) in [7, 11) is 0. The van der Waals surface area contributed by atoms with E-state index < -0.39 is 11.9 Å². The van der Waals surface area contributed by atoms with Gasteiger partial charge in [-0.25, -0.2) is 9.59 Å². The Kier molecular flexibility index (Phi) is 16.4. The first-order chi connectivity index (χ1) is 15.2. The van der Waals surface area contributed by atoms with Gasteiger partial charge in [-0.3, -0.25) is 0 Å². The minimum absolute atomic E-state index is 0.0327. The number of carboxylic acids is 1. The lowest BCUT2D eigenvalue weighted by molar-refractivity contribution is 0.000120. The third-order valence-corrected chi connectivity index (χ3v) is 4.72. The van der Waals surface area contributed by atoms with Crippen LogP contribution in [0.25, 0.3) is 0 Å². The third-order valence-electron chi connectivity index (χ3n) is 4.72. The van der Waals surface area contributed by atoms with Crippen LogP contribution in [0.1, 0.15) is 79.0 Å². The van der Waals surface area contributed by atoms with E-state index in [1.54, 1.807) is 12.1 Å². The van der Waals surface area contributed by atoms with Crippen molar-refractivity contribution in [3.8, 4) is 0 Å². The van der Waals surface area contributed by atoms with Crippen LogP contribution in [-0.4, -0.2) is 63.3 Å². The second-order valence-electron chi connectivity index (χ2n) is 7.30. The molecule has 31 heavy (non-hydrogen) atoms. The lowest BCUT2D eigenvalue weighted by Gasteiger charge is -2.08. The van der Waals surface area contributed by atoms with Crippen molar-refractivity contribution in [1.82, 2.24) is 0 Å². The highest BCUT2D eigenvalue weighted by Crippen LogP contribution is 2.10. The Labute approximate surface area is 186 Å². The van der Waals surface area contributed by atoms with E-state index in [-0.39, 0.29) is 24.3 Å². The smallest absolute Gasteiger partial charge is 0.339 e. The highest BCUT2D eigenvalue weighted by Gasteiger charge is 2.16. The zero-order chi connectivity index (χ0) is 22.6. The fourth-order valence-corrected chi connectivity index (χ4v) is 3.00. The predicted octanol–water partition coefficient (Wildman–Crippen LogP) is 4.73. The van der Waals surface area contributed by atoms with Gasteiger partial charge in [-0.1, -0.05) is 64.0 Å². The maximum atomic E-state index is 12.0. The SMILES string of the molecule is CCCCCCCCCCOCCOCCOCCOC(=O)c1ccccc1C(=O)O. The molecular formula is C24H38O7. The molecule has 0 unspecified atom stereocenters. The highest BCUT2D eigenvalue weighted by atomic mass is 16.6. The molecule has 1 aromatic rings. The molecule has 0 radical (unpaired) electrons. The average Bonchev–Trinajstić information content (AvgIpc) is 2.78. The van der Waals surface area contributed by atoms with Crippen LogP contribution in [0.5, 0.6) is 0 Å². The van der Waals surface area contributed by atoms with Gasteiger partial charge in [0.2, 0.25) is 0 Å². The van der Waals surface area contributed by atoms with Crippen molar-refractivity contribution in [3.05, 3.63) is 35.4 Å². The lowest BCUT2D eigenvalue weighted by atomic mass is 10.1. The van der Waals surface area contributed by atoms with E-state index in [1.165, 1.54) is 57.1 Å². The molecular weight excluding hydrogens is 400 g/mol. The normalized spacial score (nSPS) is 10.9. The summed E-state index contributed by atoms with van der Waals surface area (Å²) in [5, 5.41) is 9.09. The second-order valence-corrected chi connectivity index (χ2v) is 7.30. The van der Waals surface area contributed by atoms with Crippen LogP contribution in [0.4, 0.5) is 0 Å². The molecule has 0 saturated heterocycles. The molecule has 0 aliphatic heterocycles. The summed E-state index contributed by atoms with van der Waals surface area (Å²) in [6, 6.07) is 5.95. The summed E-state index contributed by atoms with van der Waals surface area (Å²) in [4.78, 5) is 23.1. The number of aromatic carboxylic acids is 1. The minimum atomic E-state index is -1.16. The zero-order valence-corrected chi connectivity index (χ0v) is 18.8. The summed E-state index contributed by atoms with van der Waals surface area (Å²) < 4.78 is 21.4. The quantitative estimate of drug-likeness (QED) is 0.232. The molecule has 1 aromatic carbocycles. The largest absolute Gasteiger partial charge is 0.478 e. The van der Waals surface area contributed by atoms with Crippen molar-refractivity contribution >= 4 is 11.9 Å². The summed E-state index contributed by atoms with van der Waals surface area (Å²) in [5.41, 5.74) is -0.0447. The Morgan fingerprint density at radius 3 is 1.74 bits per heavy atom. The van der Waals surface area contributed by atoms with Crippen LogP contribution in [0, 0.1) is 0 Å². The van der Waals surface area contributed by atoms with Crippen molar-refractivity contribution in [2.45, 2.75) is 58.3 Å². The van der Waals surface area contributed by atoms with Crippen molar-refractivity contribution in [2.24, 2.45) is 0 Å². The monoisotopic (exact) mass is 438 g/mol. The first-order valence-corrected chi connectivity index (χ1v) is 11.4. The fraction of sp³-hybridized carbons (Fsp3) is 0.667. The summed E-state index contributed by atoms with van der Waals surface area (Å²) in [6.45, 7) is 5.23. The van der Waals surface area contributed by atoms with Crippen LogP contribution in [-0.2, 0) is 18.9 Å². The Hall–Kier alpha value is -1.96. The van der Waals surface area contributed by atoms with Crippen molar-refractivity contribution < 1.29 is 33.6 Å². The first kappa shape index (κ1) is 27.1. The Morgan fingerprint density at radius 2 is 1.16 bits per heavy atom. The summed E-state index contributed by atoms with van der Waals surface area (Å²) >= 11 is 0. The van der Waals surface area contributed by atoms with Crippen LogP contribution in [0.2, 0.25) is 0 Å². The third kappa shape index (κ3) is 13.9. The number of esters is 1. The van der Waals surface area contributed by atoms with Crippen LogP contribution >= 0.6 is 0 Å². The van der Waals surface area contributed by atoms with Crippen molar-refractivity contribution in [1.29, 1.82) is 0 Å². The molecule has 1 rings (SSSR count). The number of carbonyl (C=O) groups excluding carboxylic acids is 1. The number of carboxylic acid groups (broad SMARTS) is 1. The first-order valence-electron chi connectivity index (χ1n) is 11.4. The Balaban J connectivity index is 1.87. The molecule has 0 aliphatic rings. The molecule has 7 nitrogen and oxygen atoms in total. The van der Waals surface area contributed by atoms with E-state index in [4.69, 9.17) is 24.1 Å². The molecule has 1 N–H and O–H groups in total. The molecule has 0 aromatic heterocycles. The van der Waals surface area contributed by atoms with Gasteiger partial charge in [-0.05, 0) is 18.6 Å². The van der Waals surface area contributed by atoms with E-state index in [0.29, 0.717) is 26.4 Å². The number of unbranched alkanes of at least 4 members (excludes halogenated alkanes) is 7. The molecule has 0 saturated carbocycles. The fourth-order valence-electron chi connectivity index (χ4n) is 3.00. The number of hydrogen-bond donors (Lipinski definition) is 1. The Bertz CT molecular complexity index is 603. The number of hydrogen-bond acceptors (Lipinski definition) is 6. The average molecular weight is 439 g/mol. The molecule has 0 aliphatic carbocycles. The number of benzene rings is 1. The maximum Gasteiger partial charge on any atom is 0.339 e. The van der Waals surface area contributed by atoms with Gasteiger partial charge >= 0.3 is 11.9 Å². The molecule has 0 spiro atoms. The summed E-state index contributed by atoms with van der Waals surface area (Å²) in [5.74, 6) is -1.84. The van der Waals surface area contributed by atoms with Gasteiger partial charge in [-0.15, -0.1) is 0 Å². The maximum absolute atomic E-state index is 12.0. The molecule has 0 heterocycles. The molecule has 0 atom stereocenters. The van der Waals surface area contributed by atoms with Gasteiger partial charge in [0.05, 0.1) is 44.2 Å². The minimum Gasteiger partial charge on any atom is -0.478 e. The van der Waals surface area contributed by atoms with Crippen molar-refractivity contribution in [3.63, 3.8) is 0 Å². The van der Waals surface area contributed by atoms with Crippen molar-refractivity contribution in [2.75, 3.05) is 46.2 Å². The highest BCUT2D eigenvalue weighted by molar-refractivity contribution is 6.02. The molecule has 0 fully saturated rings. The summed E-state index contributed by atoms with van der Waals surface area (Å²) in [6.07, 6.45) is 10.3. The van der Waals surface area contributed by atoms with E-state index >= 15 is 0 Å². The standard InChI is InChI=1S/C24H38O7/c1-2-3-4-5-6-7-8-11-14-28-15-16-29-17-18-30-19-20-31-24(27)22-13-10-9-12-21(22)23(25)26/h9-10,12-13H,2-8,11,14-20H2,1H3,(H,25,26). The van der Waals surface area contributed by atoms with Crippen LogP contribution < -0.4 is 0 Å². The molecule has 0 amide bonds. The lowest BCUT2D eigenvalue weighted by Crippen LogP contribution is -2.16. The van der Waals surface area contributed by atoms with E-state index in [1.807, 2.05) is 0 Å². The molecule has 7 heteroatoms. The van der Waals surface area contributed by atoms with Gasteiger partial charge in [0.1, 0.15) is 6.61 Å². The molecule has 0 bridgehead atoms. The number of rotatable bonds is 20.